The van der Waals surface area contributed by atoms with Gasteiger partial charge in [0.2, 0.25) is 11.7 Å². The third kappa shape index (κ3) is 3.95. The zero-order valence-corrected chi connectivity index (χ0v) is 15.8. The first-order valence-corrected chi connectivity index (χ1v) is 9.23. The molecule has 0 atom stereocenters. The van der Waals surface area contributed by atoms with E-state index in [2.05, 4.69) is 51.1 Å². The molecule has 0 spiro atoms. The number of hydrogen-bond donors (Lipinski definition) is 0. The molecule has 0 saturated carbocycles. The summed E-state index contributed by atoms with van der Waals surface area (Å²) in [6, 6.07) is 16.3. The minimum absolute atomic E-state index is 0.651. The van der Waals surface area contributed by atoms with Crippen LogP contribution in [0.2, 0.25) is 0 Å². The molecule has 1 aromatic heterocycles. The number of nitrogens with zero attached hydrogens (tertiary/aromatic N) is 4. The van der Waals surface area contributed by atoms with Crippen LogP contribution >= 0.6 is 0 Å². The van der Waals surface area contributed by atoms with Crippen molar-refractivity contribution in [1.82, 2.24) is 15.0 Å². The summed E-state index contributed by atoms with van der Waals surface area (Å²) < 4.78 is 10.9. The van der Waals surface area contributed by atoms with E-state index in [4.69, 9.17) is 9.26 Å². The lowest BCUT2D eigenvalue weighted by Gasteiger charge is -2.35. The zero-order chi connectivity index (χ0) is 18.6. The Kier molecular flexibility index (Phi) is 5.07. The average Bonchev–Trinajstić information content (AvgIpc) is 3.17. The van der Waals surface area contributed by atoms with Crippen molar-refractivity contribution in [3.8, 4) is 17.1 Å². The molecule has 27 heavy (non-hydrogen) atoms. The Morgan fingerprint density at radius 2 is 1.74 bits per heavy atom. The fraction of sp³-hybridized carbons (Fsp3) is 0.333. The molecule has 1 aliphatic rings. The van der Waals surface area contributed by atoms with Gasteiger partial charge in [0.05, 0.1) is 19.3 Å². The van der Waals surface area contributed by atoms with E-state index in [1.54, 1.807) is 7.11 Å². The molecule has 0 radical (unpaired) electrons. The van der Waals surface area contributed by atoms with E-state index >= 15 is 0 Å². The molecule has 6 nitrogen and oxygen atoms in total. The van der Waals surface area contributed by atoms with E-state index in [9.17, 15) is 0 Å². The highest BCUT2D eigenvalue weighted by atomic mass is 16.5. The van der Waals surface area contributed by atoms with Gasteiger partial charge < -0.3 is 14.2 Å². The van der Waals surface area contributed by atoms with Crippen LogP contribution < -0.4 is 9.64 Å². The number of methoxy groups -OCH3 is 1. The molecule has 4 rings (SSSR count). The van der Waals surface area contributed by atoms with Gasteiger partial charge >= 0.3 is 0 Å². The first-order valence-electron chi connectivity index (χ1n) is 9.23. The first-order chi connectivity index (χ1) is 13.2. The van der Waals surface area contributed by atoms with Crippen molar-refractivity contribution < 1.29 is 9.26 Å². The van der Waals surface area contributed by atoms with E-state index in [0.29, 0.717) is 18.3 Å². The second-order valence-electron chi connectivity index (χ2n) is 6.81. The SMILES string of the molecule is COc1ccccc1N1CCN(Cc2nc(-c3ccc(C)cc3)no2)CC1. The monoisotopic (exact) mass is 364 g/mol. The number of aryl methyl sites for hydroxylation is 1. The lowest BCUT2D eigenvalue weighted by atomic mass is 10.1. The molecule has 1 saturated heterocycles. The van der Waals surface area contributed by atoms with E-state index < -0.39 is 0 Å². The maximum Gasteiger partial charge on any atom is 0.241 e. The predicted octanol–water partition coefficient (Wildman–Crippen LogP) is 3.38. The van der Waals surface area contributed by atoms with Gasteiger partial charge in [-0.1, -0.05) is 47.1 Å². The number of para-hydroxylation sites is 2. The average molecular weight is 364 g/mol. The maximum absolute atomic E-state index is 5.48. The molecule has 2 heterocycles. The maximum atomic E-state index is 5.48. The zero-order valence-electron chi connectivity index (χ0n) is 15.8. The van der Waals surface area contributed by atoms with Crippen LogP contribution in [0.5, 0.6) is 5.75 Å². The number of piperazine rings is 1. The molecule has 6 heteroatoms. The van der Waals surface area contributed by atoms with Crippen molar-refractivity contribution in [1.29, 1.82) is 0 Å². The summed E-state index contributed by atoms with van der Waals surface area (Å²) in [6.07, 6.45) is 0. The smallest absolute Gasteiger partial charge is 0.241 e. The lowest BCUT2D eigenvalue weighted by molar-refractivity contribution is 0.215. The van der Waals surface area contributed by atoms with Gasteiger partial charge in [-0.15, -0.1) is 0 Å². The Hall–Kier alpha value is -2.86. The van der Waals surface area contributed by atoms with Crippen molar-refractivity contribution >= 4 is 5.69 Å². The molecule has 0 amide bonds. The van der Waals surface area contributed by atoms with Crippen LogP contribution in [0.3, 0.4) is 0 Å². The predicted molar refractivity (Wildman–Crippen MR) is 105 cm³/mol. The van der Waals surface area contributed by atoms with Gasteiger partial charge in [-0.25, -0.2) is 0 Å². The quantitative estimate of drug-likeness (QED) is 0.692. The molecule has 2 aromatic carbocycles. The minimum atomic E-state index is 0.651. The Balaban J connectivity index is 1.36. The van der Waals surface area contributed by atoms with Crippen molar-refractivity contribution in [3.05, 3.63) is 60.0 Å². The van der Waals surface area contributed by atoms with Gasteiger partial charge in [0.15, 0.2) is 0 Å². The van der Waals surface area contributed by atoms with Gasteiger partial charge in [-0.3, -0.25) is 4.90 Å². The Morgan fingerprint density at radius 1 is 1.00 bits per heavy atom. The van der Waals surface area contributed by atoms with Crippen LogP contribution in [0.1, 0.15) is 11.5 Å². The molecule has 1 fully saturated rings. The topological polar surface area (TPSA) is 54.6 Å². The second-order valence-corrected chi connectivity index (χ2v) is 6.81. The summed E-state index contributed by atoms with van der Waals surface area (Å²) in [6.45, 7) is 6.52. The third-order valence-electron chi connectivity index (χ3n) is 4.93. The summed E-state index contributed by atoms with van der Waals surface area (Å²) in [4.78, 5) is 9.26. The fourth-order valence-corrected chi connectivity index (χ4v) is 3.37. The van der Waals surface area contributed by atoms with Gasteiger partial charge in [-0.2, -0.15) is 4.98 Å². The van der Waals surface area contributed by atoms with Crippen LogP contribution in [-0.2, 0) is 6.54 Å². The normalized spacial score (nSPS) is 15.1. The number of ether oxygens (including phenoxy) is 1. The minimum Gasteiger partial charge on any atom is -0.495 e. The second kappa shape index (κ2) is 7.80. The van der Waals surface area contributed by atoms with Gasteiger partial charge in [-0.05, 0) is 19.1 Å². The van der Waals surface area contributed by atoms with Crippen LogP contribution in [0.25, 0.3) is 11.4 Å². The molecular formula is C21H24N4O2. The Labute approximate surface area is 159 Å². The van der Waals surface area contributed by atoms with Gasteiger partial charge in [0, 0.05) is 31.7 Å². The summed E-state index contributed by atoms with van der Waals surface area (Å²) in [7, 11) is 1.72. The standard InChI is InChI=1S/C21H24N4O2/c1-16-7-9-17(10-8-16)21-22-20(27-23-21)15-24-11-13-25(14-12-24)18-5-3-4-6-19(18)26-2/h3-10H,11-15H2,1-2H3. The fourth-order valence-electron chi connectivity index (χ4n) is 3.37. The summed E-state index contributed by atoms with van der Waals surface area (Å²) >= 11 is 0. The third-order valence-corrected chi connectivity index (χ3v) is 4.93. The summed E-state index contributed by atoms with van der Waals surface area (Å²) in [5.74, 6) is 2.24. The molecule has 0 unspecified atom stereocenters. The van der Waals surface area contributed by atoms with Gasteiger partial charge in [0.1, 0.15) is 5.75 Å². The molecule has 0 bridgehead atoms. The molecule has 140 valence electrons. The molecule has 0 aliphatic carbocycles. The van der Waals surface area contributed by atoms with E-state index in [1.165, 1.54) is 5.56 Å². The molecule has 3 aromatic rings. The first kappa shape index (κ1) is 17.5. The number of benzene rings is 2. The Morgan fingerprint density at radius 3 is 2.48 bits per heavy atom. The number of aromatic nitrogens is 2. The van der Waals surface area contributed by atoms with Crippen molar-refractivity contribution in [3.63, 3.8) is 0 Å². The van der Waals surface area contributed by atoms with E-state index in [1.807, 2.05) is 24.3 Å². The largest absolute Gasteiger partial charge is 0.495 e. The summed E-state index contributed by atoms with van der Waals surface area (Å²) in [5.41, 5.74) is 3.35. The molecule has 0 N–H and O–H groups in total. The highest BCUT2D eigenvalue weighted by Gasteiger charge is 2.21. The summed E-state index contributed by atoms with van der Waals surface area (Å²) in [5, 5.41) is 4.13. The van der Waals surface area contributed by atoms with E-state index in [0.717, 1.165) is 43.2 Å². The van der Waals surface area contributed by atoms with Crippen LogP contribution in [-0.4, -0.2) is 48.3 Å². The molecular weight excluding hydrogens is 340 g/mol. The van der Waals surface area contributed by atoms with Crippen molar-refractivity contribution in [2.45, 2.75) is 13.5 Å². The van der Waals surface area contributed by atoms with Crippen molar-refractivity contribution in [2.24, 2.45) is 0 Å². The number of hydrogen-bond acceptors (Lipinski definition) is 6. The highest BCUT2D eigenvalue weighted by molar-refractivity contribution is 5.58. The van der Waals surface area contributed by atoms with Gasteiger partial charge in [0.25, 0.3) is 0 Å². The van der Waals surface area contributed by atoms with Crippen LogP contribution in [0.15, 0.2) is 53.1 Å². The number of rotatable bonds is 5. The van der Waals surface area contributed by atoms with E-state index in [-0.39, 0.29) is 0 Å². The van der Waals surface area contributed by atoms with Crippen LogP contribution in [0, 0.1) is 6.92 Å². The Bertz CT molecular complexity index is 883. The van der Waals surface area contributed by atoms with Crippen LogP contribution in [0.4, 0.5) is 5.69 Å². The molecule has 1 aliphatic heterocycles. The highest BCUT2D eigenvalue weighted by Crippen LogP contribution is 2.28. The lowest BCUT2D eigenvalue weighted by Crippen LogP contribution is -2.46. The number of anilines is 1. The van der Waals surface area contributed by atoms with Crippen molar-refractivity contribution in [2.75, 3.05) is 38.2 Å².